The van der Waals surface area contributed by atoms with E-state index < -0.39 is 5.60 Å². The van der Waals surface area contributed by atoms with Crippen LogP contribution >= 0.6 is 11.8 Å². The molecule has 0 spiro atoms. The Bertz CT molecular complexity index is 271. The Morgan fingerprint density at radius 1 is 1.50 bits per heavy atom. The average molecular weight is 243 g/mol. The number of carbonyl (C=O) groups excluding carboxylic acids is 1. The number of likely N-dealkylation sites (tertiary alicyclic amines) is 1. The van der Waals surface area contributed by atoms with Gasteiger partial charge in [-0.15, -0.1) is 11.8 Å². The minimum absolute atomic E-state index is 0.194. The second-order valence-corrected chi connectivity index (χ2v) is 5.69. The van der Waals surface area contributed by atoms with E-state index in [0.29, 0.717) is 0 Å². The van der Waals surface area contributed by atoms with Crippen LogP contribution in [0.15, 0.2) is 11.5 Å². The summed E-state index contributed by atoms with van der Waals surface area (Å²) >= 11 is 1.66. The molecule has 16 heavy (non-hydrogen) atoms. The number of nitrogens with zero attached hydrogens (tertiary/aromatic N) is 1. The summed E-state index contributed by atoms with van der Waals surface area (Å²) in [6.45, 7) is 6.49. The summed E-state index contributed by atoms with van der Waals surface area (Å²) in [6, 6.07) is 0.210. The van der Waals surface area contributed by atoms with Gasteiger partial charge in [-0.2, -0.15) is 0 Å². The largest absolute Gasteiger partial charge is 0.444 e. The Labute approximate surface area is 102 Å². The third kappa shape index (κ3) is 4.08. The molecule has 1 saturated heterocycles. The Hall–Kier alpha value is -0.640. The van der Waals surface area contributed by atoms with Crippen molar-refractivity contribution in [3.63, 3.8) is 0 Å². The first-order valence-electron chi connectivity index (χ1n) is 5.63. The lowest BCUT2D eigenvalue weighted by atomic mass is 10.2. The van der Waals surface area contributed by atoms with Gasteiger partial charge in [-0.05, 0) is 45.3 Å². The van der Waals surface area contributed by atoms with Gasteiger partial charge in [-0.1, -0.05) is 6.08 Å². The summed E-state index contributed by atoms with van der Waals surface area (Å²) in [7, 11) is 0. The topological polar surface area (TPSA) is 29.5 Å². The molecule has 0 saturated carbocycles. The van der Waals surface area contributed by atoms with E-state index in [-0.39, 0.29) is 12.1 Å². The average Bonchev–Trinajstić information content (AvgIpc) is 2.59. The molecule has 1 atom stereocenters. The number of thioether (sulfide) groups is 1. The summed E-state index contributed by atoms with van der Waals surface area (Å²) in [5.41, 5.74) is -0.409. The van der Waals surface area contributed by atoms with E-state index >= 15 is 0 Å². The second kappa shape index (κ2) is 5.62. The van der Waals surface area contributed by atoms with Crippen LogP contribution in [0.3, 0.4) is 0 Å². The van der Waals surface area contributed by atoms with Crippen LogP contribution in [0.1, 0.15) is 33.6 Å². The molecule has 1 amide bonds. The highest BCUT2D eigenvalue weighted by Gasteiger charge is 2.30. The Morgan fingerprint density at radius 2 is 2.19 bits per heavy atom. The van der Waals surface area contributed by atoms with Gasteiger partial charge in [-0.25, -0.2) is 4.79 Å². The third-order valence-electron chi connectivity index (χ3n) is 2.36. The summed E-state index contributed by atoms with van der Waals surface area (Å²) < 4.78 is 5.38. The van der Waals surface area contributed by atoms with Crippen molar-refractivity contribution in [3.05, 3.63) is 11.5 Å². The number of ether oxygens (including phenoxy) is 1. The van der Waals surface area contributed by atoms with Gasteiger partial charge in [0.05, 0.1) is 6.04 Å². The maximum Gasteiger partial charge on any atom is 0.410 e. The molecule has 0 aromatic rings. The highest BCUT2D eigenvalue weighted by Crippen LogP contribution is 2.22. The van der Waals surface area contributed by atoms with Crippen molar-refractivity contribution in [2.45, 2.75) is 45.3 Å². The van der Waals surface area contributed by atoms with Crippen LogP contribution < -0.4 is 0 Å². The summed E-state index contributed by atoms with van der Waals surface area (Å²) in [5.74, 6) is 0. The van der Waals surface area contributed by atoms with Gasteiger partial charge in [0.25, 0.3) is 0 Å². The lowest BCUT2D eigenvalue weighted by molar-refractivity contribution is 0.0256. The van der Waals surface area contributed by atoms with Crippen molar-refractivity contribution < 1.29 is 9.53 Å². The van der Waals surface area contributed by atoms with Gasteiger partial charge in [0.2, 0.25) is 0 Å². The van der Waals surface area contributed by atoms with E-state index in [1.165, 1.54) is 0 Å². The van der Waals surface area contributed by atoms with Crippen molar-refractivity contribution in [3.8, 4) is 0 Å². The Morgan fingerprint density at radius 3 is 2.75 bits per heavy atom. The first-order valence-corrected chi connectivity index (χ1v) is 6.92. The molecule has 0 aliphatic carbocycles. The summed E-state index contributed by atoms with van der Waals surface area (Å²) in [4.78, 5) is 13.7. The minimum atomic E-state index is -0.409. The standard InChI is InChI=1S/C12H21NO2S/c1-12(2,3)15-11(14)13-8-5-6-10(13)7-9-16-4/h7,9-10H,5-6,8H2,1-4H3/b9-7+. The fraction of sp³-hybridized carbons (Fsp3) is 0.750. The fourth-order valence-electron chi connectivity index (χ4n) is 1.71. The molecule has 1 unspecified atom stereocenters. The quantitative estimate of drug-likeness (QED) is 0.745. The lowest BCUT2D eigenvalue weighted by Crippen LogP contribution is -2.39. The monoisotopic (exact) mass is 243 g/mol. The fourth-order valence-corrected chi connectivity index (χ4v) is 2.05. The Kier molecular flexibility index (Phi) is 4.71. The molecule has 0 aromatic carbocycles. The van der Waals surface area contributed by atoms with Crippen LogP contribution in [0.5, 0.6) is 0 Å². The number of hydrogen-bond donors (Lipinski definition) is 0. The molecular formula is C12H21NO2S. The second-order valence-electron chi connectivity index (χ2n) is 4.95. The number of hydrogen-bond acceptors (Lipinski definition) is 3. The van der Waals surface area contributed by atoms with Gasteiger partial charge in [0.15, 0.2) is 0 Å². The number of rotatable bonds is 2. The predicted octanol–water partition coefficient (Wildman–Crippen LogP) is 3.26. The van der Waals surface area contributed by atoms with Crippen LogP contribution in [0.2, 0.25) is 0 Å². The van der Waals surface area contributed by atoms with Crippen molar-refractivity contribution >= 4 is 17.9 Å². The maximum atomic E-state index is 11.9. The molecule has 0 bridgehead atoms. The molecule has 1 rings (SSSR count). The van der Waals surface area contributed by atoms with Gasteiger partial charge >= 0.3 is 6.09 Å². The van der Waals surface area contributed by atoms with Crippen LogP contribution in [0.25, 0.3) is 0 Å². The molecule has 0 N–H and O–H groups in total. The normalized spacial score (nSPS) is 21.8. The van der Waals surface area contributed by atoms with Crippen LogP contribution in [-0.2, 0) is 4.74 Å². The Balaban J connectivity index is 2.57. The van der Waals surface area contributed by atoms with Crippen molar-refractivity contribution in [2.24, 2.45) is 0 Å². The zero-order valence-electron chi connectivity index (χ0n) is 10.5. The third-order valence-corrected chi connectivity index (χ3v) is 2.79. The van der Waals surface area contributed by atoms with E-state index in [2.05, 4.69) is 6.08 Å². The number of carbonyl (C=O) groups is 1. The predicted molar refractivity (Wildman–Crippen MR) is 68.6 cm³/mol. The van der Waals surface area contributed by atoms with Gasteiger partial charge in [-0.3, -0.25) is 0 Å². The molecule has 0 radical (unpaired) electrons. The van der Waals surface area contributed by atoms with Crippen molar-refractivity contribution in [1.82, 2.24) is 4.90 Å². The van der Waals surface area contributed by atoms with Crippen molar-refractivity contribution in [2.75, 3.05) is 12.8 Å². The molecule has 1 aliphatic heterocycles. The maximum absolute atomic E-state index is 11.9. The molecular weight excluding hydrogens is 222 g/mol. The summed E-state index contributed by atoms with van der Waals surface area (Å²) in [5, 5.41) is 2.04. The lowest BCUT2D eigenvalue weighted by Gasteiger charge is -2.27. The van der Waals surface area contributed by atoms with E-state index in [0.717, 1.165) is 19.4 Å². The van der Waals surface area contributed by atoms with Crippen LogP contribution in [0.4, 0.5) is 4.79 Å². The molecule has 1 aliphatic rings. The van der Waals surface area contributed by atoms with Crippen LogP contribution in [-0.4, -0.2) is 35.4 Å². The molecule has 4 heteroatoms. The first kappa shape index (κ1) is 13.4. The molecule has 1 heterocycles. The van der Waals surface area contributed by atoms with Gasteiger partial charge in [0, 0.05) is 6.54 Å². The van der Waals surface area contributed by atoms with Gasteiger partial charge in [0.1, 0.15) is 5.60 Å². The molecule has 92 valence electrons. The van der Waals surface area contributed by atoms with Crippen LogP contribution in [0, 0.1) is 0 Å². The number of amides is 1. The first-order chi connectivity index (χ1) is 7.44. The van der Waals surface area contributed by atoms with E-state index in [4.69, 9.17) is 4.74 Å². The minimum Gasteiger partial charge on any atom is -0.444 e. The zero-order valence-corrected chi connectivity index (χ0v) is 11.3. The highest BCUT2D eigenvalue weighted by molar-refractivity contribution is 8.01. The van der Waals surface area contributed by atoms with Gasteiger partial charge < -0.3 is 9.64 Å². The summed E-state index contributed by atoms with van der Waals surface area (Å²) in [6.07, 6.45) is 6.00. The smallest absolute Gasteiger partial charge is 0.410 e. The van der Waals surface area contributed by atoms with E-state index in [1.54, 1.807) is 11.8 Å². The SMILES string of the molecule is CS/C=C/C1CCCN1C(=O)OC(C)(C)C. The highest BCUT2D eigenvalue weighted by atomic mass is 32.2. The molecule has 3 nitrogen and oxygen atoms in total. The molecule has 0 aromatic heterocycles. The van der Waals surface area contributed by atoms with E-state index in [1.807, 2.05) is 37.3 Å². The molecule has 1 fully saturated rings. The van der Waals surface area contributed by atoms with E-state index in [9.17, 15) is 4.79 Å². The zero-order chi connectivity index (χ0) is 12.2. The van der Waals surface area contributed by atoms with Crippen molar-refractivity contribution in [1.29, 1.82) is 0 Å².